The van der Waals surface area contributed by atoms with Crippen LogP contribution in [-0.2, 0) is 12.8 Å². The summed E-state index contributed by atoms with van der Waals surface area (Å²) >= 11 is 7.72. The maximum absolute atomic E-state index is 12.8. The predicted molar refractivity (Wildman–Crippen MR) is 99.9 cm³/mol. The molecule has 2 aromatic heterocycles. The van der Waals surface area contributed by atoms with Gasteiger partial charge in [-0.05, 0) is 55.5 Å². The summed E-state index contributed by atoms with van der Waals surface area (Å²) in [6, 6.07) is 7.35. The second-order valence-electron chi connectivity index (χ2n) is 6.08. The zero-order valence-electron chi connectivity index (χ0n) is 13.5. The number of hydrogen-bond acceptors (Lipinski definition) is 4. The molecule has 1 amide bonds. The van der Waals surface area contributed by atoms with E-state index in [4.69, 9.17) is 11.6 Å². The van der Waals surface area contributed by atoms with E-state index >= 15 is 0 Å². The second kappa shape index (κ2) is 6.98. The summed E-state index contributed by atoms with van der Waals surface area (Å²) in [5.74, 6) is -0.110. The fourth-order valence-corrected chi connectivity index (χ4v) is 4.42. The van der Waals surface area contributed by atoms with Crippen LogP contribution >= 0.6 is 22.9 Å². The molecule has 2 heterocycles. The minimum absolute atomic E-state index is 0.110. The van der Waals surface area contributed by atoms with E-state index in [1.54, 1.807) is 34.5 Å². The fourth-order valence-electron chi connectivity index (χ4n) is 3.10. The maximum Gasteiger partial charge on any atom is 0.265 e. The molecule has 0 saturated carbocycles. The number of aryl methyl sites for hydroxylation is 2. The molecule has 25 heavy (non-hydrogen) atoms. The first-order valence-corrected chi connectivity index (χ1v) is 9.47. The van der Waals surface area contributed by atoms with Gasteiger partial charge in [0.25, 0.3) is 5.91 Å². The number of anilines is 1. The Kier molecular flexibility index (Phi) is 4.55. The van der Waals surface area contributed by atoms with Crippen LogP contribution < -0.4 is 5.32 Å². The summed E-state index contributed by atoms with van der Waals surface area (Å²) in [4.78, 5) is 18.8. The highest BCUT2D eigenvalue weighted by Gasteiger charge is 2.18. The van der Waals surface area contributed by atoms with Crippen molar-refractivity contribution in [1.82, 2.24) is 14.8 Å². The molecule has 0 saturated heterocycles. The number of aromatic nitrogens is 3. The van der Waals surface area contributed by atoms with Gasteiger partial charge in [0.1, 0.15) is 12.7 Å². The van der Waals surface area contributed by atoms with E-state index < -0.39 is 0 Å². The molecule has 7 heteroatoms. The normalized spacial score (nSPS) is 14.0. The summed E-state index contributed by atoms with van der Waals surface area (Å²) in [7, 11) is 0. The molecule has 0 aliphatic heterocycles. The maximum atomic E-state index is 12.8. The molecule has 5 nitrogen and oxygen atoms in total. The van der Waals surface area contributed by atoms with Crippen molar-refractivity contribution in [2.75, 3.05) is 5.32 Å². The number of carbonyl (C=O) groups is 1. The lowest BCUT2D eigenvalue weighted by molar-refractivity contribution is 0.103. The number of hydrogen-bond donors (Lipinski definition) is 1. The van der Waals surface area contributed by atoms with Crippen LogP contribution in [0.4, 0.5) is 5.69 Å². The SMILES string of the molecule is O=C(Nc1cc(Cl)ccc1-n1cncn1)c1cc2c(s1)CCCCC2. The van der Waals surface area contributed by atoms with Crippen molar-refractivity contribution in [3.63, 3.8) is 0 Å². The largest absolute Gasteiger partial charge is 0.319 e. The van der Waals surface area contributed by atoms with Gasteiger partial charge >= 0.3 is 0 Å². The quantitative estimate of drug-likeness (QED) is 0.688. The summed E-state index contributed by atoms with van der Waals surface area (Å²) in [6.07, 6.45) is 8.87. The molecular weight excluding hydrogens is 356 g/mol. The Morgan fingerprint density at radius 1 is 1.20 bits per heavy atom. The number of halogens is 1. The zero-order chi connectivity index (χ0) is 17.2. The van der Waals surface area contributed by atoms with Gasteiger partial charge in [-0.2, -0.15) is 5.10 Å². The van der Waals surface area contributed by atoms with Crippen LogP contribution in [0.2, 0.25) is 5.02 Å². The number of nitrogens with zero attached hydrogens (tertiary/aromatic N) is 3. The van der Waals surface area contributed by atoms with Crippen LogP contribution in [-0.4, -0.2) is 20.7 Å². The van der Waals surface area contributed by atoms with Crippen molar-refractivity contribution in [3.05, 3.63) is 57.3 Å². The number of nitrogens with one attached hydrogen (secondary N) is 1. The monoisotopic (exact) mass is 372 g/mol. The Labute approximate surface area is 154 Å². The second-order valence-corrected chi connectivity index (χ2v) is 7.65. The minimum Gasteiger partial charge on any atom is -0.319 e. The number of amides is 1. The number of fused-ring (bicyclic) bond motifs is 1. The lowest BCUT2D eigenvalue weighted by atomic mass is 10.1. The fraction of sp³-hybridized carbons (Fsp3) is 0.278. The molecule has 1 aromatic carbocycles. The zero-order valence-corrected chi connectivity index (χ0v) is 15.1. The van der Waals surface area contributed by atoms with Gasteiger partial charge in [-0.1, -0.05) is 18.0 Å². The lowest BCUT2D eigenvalue weighted by Gasteiger charge is -2.10. The lowest BCUT2D eigenvalue weighted by Crippen LogP contribution is -2.12. The first-order valence-electron chi connectivity index (χ1n) is 8.28. The van der Waals surface area contributed by atoms with Crippen molar-refractivity contribution in [1.29, 1.82) is 0 Å². The summed E-state index contributed by atoms with van der Waals surface area (Å²) in [5.41, 5.74) is 2.68. The third-order valence-electron chi connectivity index (χ3n) is 4.34. The predicted octanol–water partition coefficient (Wildman–Crippen LogP) is 4.50. The molecule has 0 bridgehead atoms. The first kappa shape index (κ1) is 16.3. The molecule has 0 fully saturated rings. The Morgan fingerprint density at radius 2 is 2.08 bits per heavy atom. The summed E-state index contributed by atoms with van der Waals surface area (Å²) in [6.45, 7) is 0. The third kappa shape index (κ3) is 3.45. The molecule has 1 aliphatic carbocycles. The van der Waals surface area contributed by atoms with Crippen LogP contribution in [0.1, 0.15) is 39.4 Å². The summed E-state index contributed by atoms with van der Waals surface area (Å²) in [5, 5.41) is 7.67. The Hall–Kier alpha value is -2.18. The van der Waals surface area contributed by atoms with Gasteiger partial charge in [-0.15, -0.1) is 11.3 Å². The first-order chi connectivity index (χ1) is 12.2. The highest BCUT2D eigenvalue weighted by molar-refractivity contribution is 7.14. The number of thiophene rings is 1. The molecule has 4 rings (SSSR count). The molecular formula is C18H17ClN4OS. The molecule has 3 aromatic rings. The van der Waals surface area contributed by atoms with Crippen LogP contribution in [0, 0.1) is 0 Å². The van der Waals surface area contributed by atoms with Crippen LogP contribution in [0.15, 0.2) is 36.9 Å². The molecule has 0 atom stereocenters. The number of benzene rings is 1. The standard InChI is InChI=1S/C18H17ClN4OS/c19-13-6-7-15(23-11-20-10-21-23)14(9-13)22-18(24)17-8-12-4-2-1-3-5-16(12)25-17/h6-11H,1-5H2,(H,22,24). The Bertz CT molecular complexity index is 880. The van der Waals surface area contributed by atoms with Crippen LogP contribution in [0.3, 0.4) is 0 Å². The van der Waals surface area contributed by atoms with Gasteiger partial charge in [-0.25, -0.2) is 9.67 Å². The van der Waals surface area contributed by atoms with Gasteiger partial charge in [0, 0.05) is 9.90 Å². The van der Waals surface area contributed by atoms with E-state index in [0.29, 0.717) is 10.7 Å². The van der Waals surface area contributed by atoms with Crippen molar-refractivity contribution in [2.24, 2.45) is 0 Å². The average Bonchev–Trinajstić information content (AvgIpc) is 3.21. The Morgan fingerprint density at radius 3 is 2.92 bits per heavy atom. The van der Waals surface area contributed by atoms with E-state index in [1.807, 2.05) is 12.1 Å². The van der Waals surface area contributed by atoms with E-state index in [2.05, 4.69) is 15.4 Å². The summed E-state index contributed by atoms with van der Waals surface area (Å²) < 4.78 is 1.61. The van der Waals surface area contributed by atoms with E-state index in [-0.39, 0.29) is 5.91 Å². The minimum atomic E-state index is -0.110. The molecule has 0 unspecified atom stereocenters. The highest BCUT2D eigenvalue weighted by Crippen LogP contribution is 2.30. The van der Waals surface area contributed by atoms with E-state index in [9.17, 15) is 4.79 Å². The van der Waals surface area contributed by atoms with Crippen LogP contribution in [0.25, 0.3) is 5.69 Å². The smallest absolute Gasteiger partial charge is 0.265 e. The van der Waals surface area contributed by atoms with Crippen LogP contribution in [0.5, 0.6) is 0 Å². The topological polar surface area (TPSA) is 59.8 Å². The van der Waals surface area contributed by atoms with Gasteiger partial charge in [0.15, 0.2) is 0 Å². The number of carbonyl (C=O) groups excluding carboxylic acids is 1. The molecule has 0 spiro atoms. The third-order valence-corrected chi connectivity index (χ3v) is 5.81. The van der Waals surface area contributed by atoms with Gasteiger partial charge < -0.3 is 5.32 Å². The van der Waals surface area contributed by atoms with E-state index in [1.165, 1.54) is 36.0 Å². The molecule has 0 radical (unpaired) electrons. The van der Waals surface area contributed by atoms with E-state index in [0.717, 1.165) is 23.4 Å². The molecule has 1 aliphatic rings. The van der Waals surface area contributed by atoms with Gasteiger partial charge in [0.2, 0.25) is 0 Å². The average molecular weight is 373 g/mol. The van der Waals surface area contributed by atoms with Crippen molar-refractivity contribution < 1.29 is 4.79 Å². The molecule has 1 N–H and O–H groups in total. The number of rotatable bonds is 3. The molecule has 128 valence electrons. The van der Waals surface area contributed by atoms with Gasteiger partial charge in [0.05, 0.1) is 16.3 Å². The van der Waals surface area contributed by atoms with Crippen molar-refractivity contribution in [3.8, 4) is 5.69 Å². The van der Waals surface area contributed by atoms with Crippen molar-refractivity contribution in [2.45, 2.75) is 32.1 Å². The van der Waals surface area contributed by atoms with Gasteiger partial charge in [-0.3, -0.25) is 4.79 Å². The highest BCUT2D eigenvalue weighted by atomic mass is 35.5. The van der Waals surface area contributed by atoms with Crippen molar-refractivity contribution >= 4 is 34.5 Å². The Balaban J connectivity index is 1.62.